The lowest BCUT2D eigenvalue weighted by Gasteiger charge is -2.11. The minimum Gasteiger partial charge on any atom is -0.465 e. The quantitative estimate of drug-likeness (QED) is 0.759. The molecule has 0 saturated carbocycles. The molecular formula is C13H14O5. The Morgan fingerprint density at radius 1 is 1.06 bits per heavy atom. The number of hydrogen-bond donors (Lipinski definition) is 0. The van der Waals surface area contributed by atoms with Crippen LogP contribution < -0.4 is 0 Å². The van der Waals surface area contributed by atoms with Gasteiger partial charge in [0, 0.05) is 0 Å². The largest absolute Gasteiger partial charge is 0.465 e. The van der Waals surface area contributed by atoms with Crippen molar-refractivity contribution >= 4 is 17.7 Å². The Morgan fingerprint density at radius 3 is 2.00 bits per heavy atom. The average molecular weight is 250 g/mol. The fraction of sp³-hybridized carbons (Fsp3) is 0.308. The zero-order valence-electron chi connectivity index (χ0n) is 10.4. The second-order valence-electron chi connectivity index (χ2n) is 3.70. The van der Waals surface area contributed by atoms with Gasteiger partial charge in [0.05, 0.1) is 18.2 Å². The van der Waals surface area contributed by atoms with Crippen molar-refractivity contribution in [2.75, 3.05) is 7.11 Å². The number of ether oxygens (including phenoxy) is 2. The molecule has 1 unspecified atom stereocenters. The first-order valence-corrected chi connectivity index (χ1v) is 5.36. The molecule has 5 heteroatoms. The molecule has 0 aliphatic carbocycles. The number of rotatable bonds is 4. The minimum absolute atomic E-state index is 0.0810. The lowest BCUT2D eigenvalue weighted by atomic mass is 10.1. The van der Waals surface area contributed by atoms with E-state index in [1.165, 1.54) is 33.1 Å². The molecular weight excluding hydrogens is 236 g/mol. The minimum atomic E-state index is -0.844. The Balaban J connectivity index is 2.99. The lowest BCUT2D eigenvalue weighted by molar-refractivity contribution is -0.124. The van der Waals surface area contributed by atoms with E-state index < -0.39 is 18.0 Å². The Hall–Kier alpha value is -2.17. The van der Waals surface area contributed by atoms with Crippen molar-refractivity contribution in [3.05, 3.63) is 35.4 Å². The van der Waals surface area contributed by atoms with Gasteiger partial charge in [-0.3, -0.25) is 4.79 Å². The molecule has 0 radical (unpaired) electrons. The third-order valence-corrected chi connectivity index (χ3v) is 2.41. The fourth-order valence-electron chi connectivity index (χ4n) is 1.26. The molecule has 1 aromatic rings. The highest BCUT2D eigenvalue weighted by atomic mass is 16.5. The van der Waals surface area contributed by atoms with E-state index in [9.17, 15) is 14.4 Å². The Kier molecular flexibility index (Phi) is 4.59. The van der Waals surface area contributed by atoms with Crippen LogP contribution in [0.4, 0.5) is 0 Å². The number of esters is 2. The second-order valence-corrected chi connectivity index (χ2v) is 3.70. The highest BCUT2D eigenvalue weighted by Gasteiger charge is 2.21. The summed E-state index contributed by atoms with van der Waals surface area (Å²) < 4.78 is 9.50. The molecule has 0 fully saturated rings. The third-order valence-electron chi connectivity index (χ3n) is 2.41. The summed E-state index contributed by atoms with van der Waals surface area (Å²) in [5, 5.41) is 0. The summed E-state index contributed by atoms with van der Waals surface area (Å²) in [4.78, 5) is 34.3. The first-order valence-electron chi connectivity index (χ1n) is 5.36. The van der Waals surface area contributed by atoms with E-state index >= 15 is 0 Å². The molecule has 0 saturated heterocycles. The first kappa shape index (κ1) is 13.9. The Morgan fingerprint density at radius 2 is 1.56 bits per heavy atom. The number of hydrogen-bond acceptors (Lipinski definition) is 5. The van der Waals surface area contributed by atoms with Crippen LogP contribution in [-0.2, 0) is 14.3 Å². The molecule has 0 aliphatic heterocycles. The molecule has 18 heavy (non-hydrogen) atoms. The van der Waals surface area contributed by atoms with Crippen LogP contribution in [0.25, 0.3) is 0 Å². The molecule has 0 aromatic heterocycles. The fourth-order valence-corrected chi connectivity index (χ4v) is 1.26. The van der Waals surface area contributed by atoms with E-state index in [4.69, 9.17) is 4.74 Å². The van der Waals surface area contributed by atoms with Crippen LogP contribution in [0.15, 0.2) is 24.3 Å². The predicted molar refractivity (Wildman–Crippen MR) is 63.3 cm³/mol. The van der Waals surface area contributed by atoms with Crippen molar-refractivity contribution in [3.63, 3.8) is 0 Å². The van der Waals surface area contributed by atoms with E-state index in [2.05, 4.69) is 4.74 Å². The van der Waals surface area contributed by atoms with Gasteiger partial charge in [0.1, 0.15) is 0 Å². The topological polar surface area (TPSA) is 69.7 Å². The van der Waals surface area contributed by atoms with Crippen LogP contribution in [0.1, 0.15) is 34.6 Å². The number of carbonyl (C=O) groups excluding carboxylic acids is 3. The van der Waals surface area contributed by atoms with Gasteiger partial charge < -0.3 is 9.47 Å². The van der Waals surface area contributed by atoms with Gasteiger partial charge in [-0.2, -0.15) is 0 Å². The third kappa shape index (κ3) is 3.16. The molecule has 1 aromatic carbocycles. The molecule has 0 N–H and O–H groups in total. The van der Waals surface area contributed by atoms with Crippen molar-refractivity contribution in [2.45, 2.75) is 20.0 Å². The Labute approximate surface area is 105 Å². The number of carbonyl (C=O) groups is 3. The van der Waals surface area contributed by atoms with Gasteiger partial charge >= 0.3 is 11.9 Å². The molecule has 0 heterocycles. The number of benzene rings is 1. The van der Waals surface area contributed by atoms with Gasteiger partial charge in [0.25, 0.3) is 0 Å². The smallest absolute Gasteiger partial charge is 0.339 e. The highest BCUT2D eigenvalue weighted by Crippen LogP contribution is 2.12. The molecule has 0 amide bonds. The average Bonchev–Trinajstić information content (AvgIpc) is 2.37. The molecule has 0 bridgehead atoms. The highest BCUT2D eigenvalue weighted by molar-refractivity contribution is 6.03. The van der Waals surface area contributed by atoms with E-state index in [0.717, 1.165) is 0 Å². The number of Topliss-reactive ketones (excluding diaryl/α,β-unsaturated/α-hetero) is 1. The van der Waals surface area contributed by atoms with Gasteiger partial charge in [-0.1, -0.05) is 12.1 Å². The molecule has 0 spiro atoms. The maximum Gasteiger partial charge on any atom is 0.339 e. The summed E-state index contributed by atoms with van der Waals surface area (Å²) in [5.74, 6) is -1.62. The van der Waals surface area contributed by atoms with Crippen LogP contribution in [-0.4, -0.2) is 30.9 Å². The van der Waals surface area contributed by atoms with Crippen molar-refractivity contribution < 1.29 is 23.9 Å². The van der Waals surface area contributed by atoms with Crippen molar-refractivity contribution in [1.82, 2.24) is 0 Å². The summed E-state index contributed by atoms with van der Waals surface area (Å²) in [5.41, 5.74) is 0.193. The summed E-state index contributed by atoms with van der Waals surface area (Å²) >= 11 is 0. The van der Waals surface area contributed by atoms with E-state index in [-0.39, 0.29) is 16.9 Å². The first-order chi connectivity index (χ1) is 8.47. The van der Waals surface area contributed by atoms with Gasteiger partial charge in [0.15, 0.2) is 11.9 Å². The Bertz CT molecular complexity index is 478. The second kappa shape index (κ2) is 5.95. The van der Waals surface area contributed by atoms with Crippen LogP contribution in [0.3, 0.4) is 0 Å². The van der Waals surface area contributed by atoms with Crippen molar-refractivity contribution in [2.24, 2.45) is 0 Å². The zero-order chi connectivity index (χ0) is 13.7. The van der Waals surface area contributed by atoms with Gasteiger partial charge in [-0.05, 0) is 26.0 Å². The molecule has 1 rings (SSSR count). The van der Waals surface area contributed by atoms with E-state index in [1.54, 1.807) is 12.1 Å². The molecule has 96 valence electrons. The number of methoxy groups -OCH3 is 1. The van der Waals surface area contributed by atoms with Crippen LogP contribution in [0, 0.1) is 0 Å². The van der Waals surface area contributed by atoms with Crippen LogP contribution in [0.2, 0.25) is 0 Å². The number of ketones is 1. The maximum absolute atomic E-state index is 11.8. The summed E-state index contributed by atoms with van der Waals surface area (Å²) in [6, 6.07) is 6.11. The van der Waals surface area contributed by atoms with Gasteiger partial charge in [0.2, 0.25) is 0 Å². The van der Waals surface area contributed by atoms with Crippen LogP contribution in [0.5, 0.6) is 0 Å². The summed E-state index contributed by atoms with van der Waals surface area (Å²) in [6.07, 6.45) is -0.844. The predicted octanol–water partition coefficient (Wildman–Crippen LogP) is 1.61. The monoisotopic (exact) mass is 250 g/mol. The molecule has 1 atom stereocenters. The van der Waals surface area contributed by atoms with Crippen molar-refractivity contribution in [3.8, 4) is 0 Å². The maximum atomic E-state index is 11.8. The SMILES string of the molecule is COC(=O)c1ccccc1C(=O)OC(C)C(C)=O. The van der Waals surface area contributed by atoms with Crippen LogP contribution >= 0.6 is 0 Å². The van der Waals surface area contributed by atoms with Gasteiger partial charge in [-0.15, -0.1) is 0 Å². The van der Waals surface area contributed by atoms with E-state index in [1.807, 2.05) is 0 Å². The summed E-state index contributed by atoms with van der Waals surface area (Å²) in [7, 11) is 1.22. The molecule has 0 aliphatic rings. The normalized spacial score (nSPS) is 11.5. The zero-order valence-corrected chi connectivity index (χ0v) is 10.4. The van der Waals surface area contributed by atoms with Crippen molar-refractivity contribution in [1.29, 1.82) is 0 Å². The van der Waals surface area contributed by atoms with E-state index in [0.29, 0.717) is 0 Å². The summed E-state index contributed by atoms with van der Waals surface area (Å²) in [6.45, 7) is 2.80. The van der Waals surface area contributed by atoms with Gasteiger partial charge in [-0.25, -0.2) is 9.59 Å². The molecule has 5 nitrogen and oxygen atoms in total. The lowest BCUT2D eigenvalue weighted by Crippen LogP contribution is -2.23. The standard InChI is InChI=1S/C13H14O5/c1-8(14)9(2)18-13(16)11-7-5-4-6-10(11)12(15)17-3/h4-7,9H,1-3H3.